The monoisotopic (exact) mass is 363 g/mol. The number of hydrogen-bond acceptors (Lipinski definition) is 4. The summed E-state index contributed by atoms with van der Waals surface area (Å²) in [5, 5.41) is 6.07. The number of pyridine rings is 1. The molecule has 2 aromatic rings. The third kappa shape index (κ3) is 4.82. The summed E-state index contributed by atoms with van der Waals surface area (Å²) in [6, 6.07) is 9.55. The Morgan fingerprint density at radius 2 is 2.14 bits per heavy atom. The minimum Gasteiger partial charge on any atom is -0.385 e. The number of halogens is 1. The van der Waals surface area contributed by atoms with Crippen LogP contribution in [-0.2, 0) is 4.74 Å². The van der Waals surface area contributed by atoms with E-state index in [1.165, 1.54) is 0 Å². The Bertz CT molecular complexity index is 634. The predicted octanol–water partition coefficient (Wildman–Crippen LogP) is 3.35. The Morgan fingerprint density at radius 3 is 2.91 bits per heavy atom. The first-order valence-corrected chi connectivity index (χ1v) is 7.74. The van der Waals surface area contributed by atoms with Crippen molar-refractivity contribution >= 4 is 33.2 Å². The Hall–Kier alpha value is -1.92. The molecule has 0 fully saturated rings. The summed E-state index contributed by atoms with van der Waals surface area (Å²) >= 11 is 3.48. The van der Waals surface area contributed by atoms with E-state index in [4.69, 9.17) is 4.74 Å². The van der Waals surface area contributed by atoms with Gasteiger partial charge in [-0.15, -0.1) is 0 Å². The average Bonchev–Trinajstić information content (AvgIpc) is 2.54. The smallest absolute Gasteiger partial charge is 0.252 e. The second-order valence-electron chi connectivity index (χ2n) is 4.67. The molecule has 0 aliphatic heterocycles. The molecule has 1 aromatic heterocycles. The first-order chi connectivity index (χ1) is 10.7. The molecular weight excluding hydrogens is 346 g/mol. The van der Waals surface area contributed by atoms with E-state index >= 15 is 0 Å². The molecule has 5 nitrogen and oxygen atoms in total. The molecular formula is C16H18BrN3O2. The highest BCUT2D eigenvalue weighted by Crippen LogP contribution is 2.25. The standard InChI is InChI=1S/C16H18BrN3O2/c1-22-8-4-7-19-16(21)12-9-13(11-18-10-12)20-15-6-3-2-5-14(15)17/h2-3,5-6,9-11,20H,4,7-8H2,1H3,(H,19,21). The van der Waals surface area contributed by atoms with Gasteiger partial charge in [0.05, 0.1) is 23.1 Å². The zero-order chi connectivity index (χ0) is 15.8. The van der Waals surface area contributed by atoms with Crippen LogP contribution in [0.4, 0.5) is 11.4 Å². The molecule has 6 heteroatoms. The number of ether oxygens (including phenoxy) is 1. The van der Waals surface area contributed by atoms with Crippen molar-refractivity contribution in [3.63, 3.8) is 0 Å². The van der Waals surface area contributed by atoms with Crippen LogP contribution >= 0.6 is 15.9 Å². The van der Waals surface area contributed by atoms with E-state index in [0.29, 0.717) is 18.7 Å². The van der Waals surface area contributed by atoms with E-state index < -0.39 is 0 Å². The van der Waals surface area contributed by atoms with E-state index in [1.54, 1.807) is 25.6 Å². The number of amides is 1. The summed E-state index contributed by atoms with van der Waals surface area (Å²) in [6.45, 7) is 1.21. The largest absolute Gasteiger partial charge is 0.385 e. The van der Waals surface area contributed by atoms with E-state index in [9.17, 15) is 4.79 Å². The lowest BCUT2D eigenvalue weighted by Crippen LogP contribution is -2.25. The molecule has 2 N–H and O–H groups in total. The fourth-order valence-electron chi connectivity index (χ4n) is 1.87. The molecule has 2 rings (SSSR count). The van der Waals surface area contributed by atoms with Gasteiger partial charge in [0.15, 0.2) is 0 Å². The highest BCUT2D eigenvalue weighted by atomic mass is 79.9. The van der Waals surface area contributed by atoms with Crippen molar-refractivity contribution in [3.8, 4) is 0 Å². The molecule has 0 unspecified atom stereocenters. The molecule has 0 aliphatic rings. The number of aromatic nitrogens is 1. The van der Waals surface area contributed by atoms with Gasteiger partial charge in [0.1, 0.15) is 0 Å². The van der Waals surface area contributed by atoms with Gasteiger partial charge < -0.3 is 15.4 Å². The summed E-state index contributed by atoms with van der Waals surface area (Å²) < 4.78 is 5.90. The van der Waals surface area contributed by atoms with Gasteiger partial charge in [0.25, 0.3) is 5.91 Å². The number of rotatable bonds is 7. The number of nitrogens with zero attached hydrogens (tertiary/aromatic N) is 1. The van der Waals surface area contributed by atoms with Crippen molar-refractivity contribution in [1.29, 1.82) is 0 Å². The zero-order valence-electron chi connectivity index (χ0n) is 12.3. The molecule has 0 saturated carbocycles. The maximum absolute atomic E-state index is 12.1. The van der Waals surface area contributed by atoms with Crippen molar-refractivity contribution in [2.24, 2.45) is 0 Å². The molecule has 0 radical (unpaired) electrons. The van der Waals surface area contributed by atoms with E-state index in [0.717, 1.165) is 22.3 Å². The van der Waals surface area contributed by atoms with Crippen LogP contribution in [0.15, 0.2) is 47.2 Å². The quantitative estimate of drug-likeness (QED) is 0.740. The molecule has 1 heterocycles. The highest BCUT2D eigenvalue weighted by Gasteiger charge is 2.07. The summed E-state index contributed by atoms with van der Waals surface area (Å²) in [6.07, 6.45) is 4.02. The van der Waals surface area contributed by atoms with Crippen molar-refractivity contribution in [2.75, 3.05) is 25.6 Å². The van der Waals surface area contributed by atoms with Crippen LogP contribution in [0.3, 0.4) is 0 Å². The van der Waals surface area contributed by atoms with Crippen LogP contribution in [0, 0.1) is 0 Å². The summed E-state index contributed by atoms with van der Waals surface area (Å²) in [4.78, 5) is 16.2. The van der Waals surface area contributed by atoms with Crippen LogP contribution in [0.1, 0.15) is 16.8 Å². The number of benzene rings is 1. The van der Waals surface area contributed by atoms with E-state index in [1.807, 2.05) is 24.3 Å². The maximum atomic E-state index is 12.1. The second-order valence-corrected chi connectivity index (χ2v) is 5.52. The lowest BCUT2D eigenvalue weighted by Gasteiger charge is -2.10. The molecule has 1 aromatic carbocycles. The summed E-state index contributed by atoms with van der Waals surface area (Å²) in [5.41, 5.74) is 2.20. The van der Waals surface area contributed by atoms with Crippen molar-refractivity contribution in [3.05, 3.63) is 52.8 Å². The van der Waals surface area contributed by atoms with Crippen molar-refractivity contribution in [1.82, 2.24) is 10.3 Å². The molecule has 0 atom stereocenters. The number of methoxy groups -OCH3 is 1. The van der Waals surface area contributed by atoms with Gasteiger partial charge in [-0.25, -0.2) is 0 Å². The van der Waals surface area contributed by atoms with Gasteiger partial charge in [0, 0.05) is 30.9 Å². The number of nitrogens with one attached hydrogen (secondary N) is 2. The van der Waals surface area contributed by atoms with E-state index in [2.05, 4.69) is 31.5 Å². The fraction of sp³-hybridized carbons (Fsp3) is 0.250. The van der Waals surface area contributed by atoms with Gasteiger partial charge in [-0.2, -0.15) is 0 Å². The molecule has 0 bridgehead atoms. The van der Waals surface area contributed by atoms with Crippen LogP contribution < -0.4 is 10.6 Å². The zero-order valence-corrected chi connectivity index (χ0v) is 13.9. The average molecular weight is 364 g/mol. The van der Waals surface area contributed by atoms with Crippen LogP contribution in [0.2, 0.25) is 0 Å². The molecule has 22 heavy (non-hydrogen) atoms. The SMILES string of the molecule is COCCCNC(=O)c1cncc(Nc2ccccc2Br)c1. The number of anilines is 2. The Kier molecular flexibility index (Phi) is 6.36. The minimum absolute atomic E-state index is 0.139. The number of carbonyl (C=O) groups excluding carboxylic acids is 1. The Balaban J connectivity index is 2.00. The van der Waals surface area contributed by atoms with Gasteiger partial charge in [-0.1, -0.05) is 12.1 Å². The highest BCUT2D eigenvalue weighted by molar-refractivity contribution is 9.10. The first kappa shape index (κ1) is 16.5. The lowest BCUT2D eigenvalue weighted by molar-refractivity contribution is 0.0948. The summed E-state index contributed by atoms with van der Waals surface area (Å²) in [7, 11) is 1.64. The minimum atomic E-state index is -0.139. The van der Waals surface area contributed by atoms with Gasteiger partial charge >= 0.3 is 0 Å². The fourth-order valence-corrected chi connectivity index (χ4v) is 2.25. The normalized spacial score (nSPS) is 10.3. The van der Waals surface area contributed by atoms with Gasteiger partial charge in [0.2, 0.25) is 0 Å². The molecule has 0 spiro atoms. The summed E-state index contributed by atoms with van der Waals surface area (Å²) in [5.74, 6) is -0.139. The predicted molar refractivity (Wildman–Crippen MR) is 90.5 cm³/mol. The molecule has 0 aliphatic carbocycles. The van der Waals surface area contributed by atoms with Crippen LogP contribution in [0.25, 0.3) is 0 Å². The molecule has 0 saturated heterocycles. The maximum Gasteiger partial charge on any atom is 0.252 e. The third-order valence-electron chi connectivity index (χ3n) is 2.96. The number of carbonyl (C=O) groups is 1. The number of hydrogen-bond donors (Lipinski definition) is 2. The van der Waals surface area contributed by atoms with Crippen LogP contribution in [0.5, 0.6) is 0 Å². The lowest BCUT2D eigenvalue weighted by atomic mass is 10.2. The van der Waals surface area contributed by atoms with Crippen molar-refractivity contribution < 1.29 is 9.53 Å². The Morgan fingerprint density at radius 1 is 1.32 bits per heavy atom. The topological polar surface area (TPSA) is 63.2 Å². The number of para-hydroxylation sites is 1. The van der Waals surface area contributed by atoms with Gasteiger partial charge in [-0.05, 0) is 40.5 Å². The molecule has 116 valence electrons. The first-order valence-electron chi connectivity index (χ1n) is 6.94. The van der Waals surface area contributed by atoms with Crippen LogP contribution in [-0.4, -0.2) is 31.2 Å². The second kappa shape index (κ2) is 8.51. The molecule has 1 amide bonds. The van der Waals surface area contributed by atoms with Crippen molar-refractivity contribution in [2.45, 2.75) is 6.42 Å². The van der Waals surface area contributed by atoms with E-state index in [-0.39, 0.29) is 5.91 Å². The third-order valence-corrected chi connectivity index (χ3v) is 3.66. The van der Waals surface area contributed by atoms with Gasteiger partial charge in [-0.3, -0.25) is 9.78 Å². The Labute approximate surface area is 138 Å².